The van der Waals surface area contributed by atoms with Crippen molar-refractivity contribution in [1.29, 1.82) is 5.26 Å². The summed E-state index contributed by atoms with van der Waals surface area (Å²) in [5.41, 5.74) is 13.8. The lowest BCUT2D eigenvalue weighted by Gasteiger charge is -2.20. The molecule has 0 fully saturated rings. The Labute approximate surface area is 190 Å². The number of amides is 1. The largest absolute Gasteiger partial charge is 0.383 e. The fourth-order valence-corrected chi connectivity index (χ4v) is 4.70. The molecular weight excluding hydrogens is 444 g/mol. The van der Waals surface area contributed by atoms with Gasteiger partial charge >= 0.3 is 0 Å². The molecule has 7 N–H and O–H groups in total. The molecule has 0 saturated heterocycles. The van der Waals surface area contributed by atoms with E-state index in [0.717, 1.165) is 0 Å². The summed E-state index contributed by atoms with van der Waals surface area (Å²) in [7, 11) is -3.88. The summed E-state index contributed by atoms with van der Waals surface area (Å²) in [6.07, 6.45) is -0.0219. The van der Waals surface area contributed by atoms with Crippen LogP contribution in [0.5, 0.6) is 0 Å². The van der Waals surface area contributed by atoms with Crippen LogP contribution in [0, 0.1) is 11.3 Å². The highest BCUT2D eigenvalue weighted by Gasteiger charge is 2.36. The summed E-state index contributed by atoms with van der Waals surface area (Å²) in [4.78, 5) is 23.8. The molecule has 1 amide bonds. The van der Waals surface area contributed by atoms with Crippen molar-refractivity contribution in [2.45, 2.75) is 25.2 Å². The number of rotatable bonds is 5. The number of nitrogens with zero attached hydrogens (tertiary/aromatic N) is 4. The highest BCUT2D eigenvalue weighted by Crippen LogP contribution is 2.43. The van der Waals surface area contributed by atoms with Crippen molar-refractivity contribution in [3.05, 3.63) is 35.4 Å². The van der Waals surface area contributed by atoms with Gasteiger partial charge in [-0.2, -0.15) is 5.26 Å². The van der Waals surface area contributed by atoms with E-state index >= 15 is 0 Å². The molecule has 0 aliphatic carbocycles. The van der Waals surface area contributed by atoms with E-state index in [1.54, 1.807) is 0 Å². The van der Waals surface area contributed by atoms with Crippen molar-refractivity contribution in [2.75, 3.05) is 34.4 Å². The third kappa shape index (κ3) is 3.47. The van der Waals surface area contributed by atoms with Crippen molar-refractivity contribution in [2.24, 2.45) is 5.14 Å². The van der Waals surface area contributed by atoms with Crippen LogP contribution < -0.4 is 31.4 Å². The van der Waals surface area contributed by atoms with Crippen LogP contribution in [0.4, 0.5) is 29.0 Å². The predicted molar refractivity (Wildman–Crippen MR) is 124 cm³/mol. The average molecular weight is 468 g/mol. The van der Waals surface area contributed by atoms with Gasteiger partial charge in [0.15, 0.2) is 0 Å². The molecule has 2 aromatic heterocycles. The minimum atomic E-state index is -3.88. The molecular formula is C21H23N8O3S+. The molecule has 33 heavy (non-hydrogen) atoms. The number of aromatic nitrogens is 2. The number of primary sulfonamides is 1. The summed E-state index contributed by atoms with van der Waals surface area (Å²) in [6.45, 7) is 5.19. The first-order chi connectivity index (χ1) is 15.6. The van der Waals surface area contributed by atoms with Crippen LogP contribution in [-0.4, -0.2) is 32.4 Å². The van der Waals surface area contributed by atoms with Gasteiger partial charge in [-0.15, -0.1) is 0 Å². The fraction of sp³-hybridized carbons (Fsp3) is 0.238. The summed E-state index contributed by atoms with van der Waals surface area (Å²) in [5.74, 6) is 0.847. The quantitative estimate of drug-likeness (QED) is 0.491. The zero-order valence-corrected chi connectivity index (χ0v) is 18.9. The van der Waals surface area contributed by atoms with Gasteiger partial charge in [0.05, 0.1) is 35.5 Å². The highest BCUT2D eigenvalue weighted by atomic mass is 32.2. The molecule has 3 aromatic rings. The van der Waals surface area contributed by atoms with E-state index in [1.165, 1.54) is 29.2 Å². The van der Waals surface area contributed by atoms with E-state index in [0.29, 0.717) is 46.5 Å². The molecule has 0 atom stereocenters. The SMILES string of the molecule is CCN(CC)c1[nH+]c(N)c2c(N)nc3c(c2c1C#N)CC(=O)N3c1ccc(S(N)(=O)=O)cc1. The van der Waals surface area contributed by atoms with Gasteiger partial charge in [0.25, 0.3) is 0 Å². The Morgan fingerprint density at radius 2 is 1.82 bits per heavy atom. The smallest absolute Gasteiger partial charge is 0.240 e. The molecule has 0 spiro atoms. The van der Waals surface area contributed by atoms with Gasteiger partial charge < -0.3 is 11.5 Å². The highest BCUT2D eigenvalue weighted by molar-refractivity contribution is 7.89. The van der Waals surface area contributed by atoms with Crippen molar-refractivity contribution < 1.29 is 18.2 Å². The summed E-state index contributed by atoms with van der Waals surface area (Å²) < 4.78 is 23.2. The van der Waals surface area contributed by atoms with Crippen LogP contribution in [0.3, 0.4) is 0 Å². The molecule has 1 aliphatic heterocycles. The van der Waals surface area contributed by atoms with E-state index in [4.69, 9.17) is 16.6 Å². The number of pyridine rings is 2. The third-order valence-corrected chi connectivity index (χ3v) is 6.65. The van der Waals surface area contributed by atoms with Crippen molar-refractivity contribution in [1.82, 2.24) is 4.98 Å². The van der Waals surface area contributed by atoms with Crippen molar-refractivity contribution in [3.63, 3.8) is 0 Å². The van der Waals surface area contributed by atoms with E-state index in [2.05, 4.69) is 16.0 Å². The third-order valence-electron chi connectivity index (χ3n) is 5.72. The monoisotopic (exact) mass is 467 g/mol. The summed E-state index contributed by atoms with van der Waals surface area (Å²) >= 11 is 0. The van der Waals surface area contributed by atoms with E-state index in [9.17, 15) is 18.5 Å². The molecule has 4 rings (SSSR count). The lowest BCUT2D eigenvalue weighted by molar-refractivity contribution is -0.344. The standard InChI is InChI=1S/C21H22N8O3S/c1-3-28(4-2)20-14(10-22)16-13-9-15(30)29(11-5-7-12(8-6-11)33(25,31)32)21(13)27-19(24)17(16)18(23)26-20/h5-8H,3-4,9H2,1-2H3,(H2,23,26)(H2,24,27)(H2,25,31,32)/p+1. The average Bonchev–Trinajstić information content (AvgIpc) is 3.09. The second kappa shape index (κ2) is 7.88. The Morgan fingerprint density at radius 3 is 2.36 bits per heavy atom. The molecule has 3 heterocycles. The molecule has 170 valence electrons. The second-order valence-corrected chi connectivity index (χ2v) is 9.10. The number of nitrogen functional groups attached to an aromatic ring is 2. The maximum absolute atomic E-state index is 13.1. The Morgan fingerprint density at radius 1 is 1.18 bits per heavy atom. The zero-order valence-electron chi connectivity index (χ0n) is 18.1. The molecule has 11 nitrogen and oxygen atoms in total. The minimum absolute atomic E-state index is 0.0219. The topological polar surface area (TPSA) is 187 Å². The van der Waals surface area contributed by atoms with E-state index in [1.807, 2.05) is 18.7 Å². The van der Waals surface area contributed by atoms with Gasteiger partial charge in [0.2, 0.25) is 27.6 Å². The van der Waals surface area contributed by atoms with Crippen LogP contribution in [0.15, 0.2) is 29.2 Å². The first-order valence-corrected chi connectivity index (χ1v) is 11.7. The lowest BCUT2D eigenvalue weighted by Crippen LogP contribution is -2.31. The summed E-state index contributed by atoms with van der Waals surface area (Å²) in [6, 6.07) is 7.80. The maximum Gasteiger partial charge on any atom is 0.240 e. The molecule has 1 aromatic carbocycles. The number of anilines is 5. The Kier molecular flexibility index (Phi) is 5.31. The normalized spacial score (nSPS) is 13.3. The molecule has 0 saturated carbocycles. The Hall–Kier alpha value is -3.95. The van der Waals surface area contributed by atoms with Gasteiger partial charge in [-0.1, -0.05) is 0 Å². The van der Waals surface area contributed by atoms with Gasteiger partial charge in [0.1, 0.15) is 23.3 Å². The van der Waals surface area contributed by atoms with Crippen LogP contribution in [0.2, 0.25) is 0 Å². The maximum atomic E-state index is 13.1. The van der Waals surface area contributed by atoms with Crippen molar-refractivity contribution in [3.8, 4) is 6.07 Å². The number of nitriles is 1. The number of hydrogen-bond donors (Lipinski definition) is 3. The number of carbonyl (C=O) groups is 1. The summed E-state index contributed by atoms with van der Waals surface area (Å²) in [5, 5.41) is 16.1. The van der Waals surface area contributed by atoms with E-state index in [-0.39, 0.29) is 34.7 Å². The van der Waals surface area contributed by atoms with E-state index < -0.39 is 10.0 Å². The Balaban J connectivity index is 2.00. The zero-order chi connectivity index (χ0) is 24.1. The van der Waals surface area contributed by atoms with Crippen LogP contribution in [0.1, 0.15) is 25.0 Å². The molecule has 12 heteroatoms. The molecule has 0 unspecified atom stereocenters. The number of aromatic amines is 1. The Bertz CT molecular complexity index is 1440. The van der Waals surface area contributed by atoms with Crippen LogP contribution in [-0.2, 0) is 21.2 Å². The molecule has 0 radical (unpaired) electrons. The number of fused-ring (bicyclic) bond motifs is 3. The number of sulfonamides is 1. The van der Waals surface area contributed by atoms with Crippen molar-refractivity contribution >= 4 is 55.7 Å². The van der Waals surface area contributed by atoms with Gasteiger partial charge in [-0.3, -0.25) is 14.6 Å². The first-order valence-electron chi connectivity index (χ1n) is 10.2. The van der Waals surface area contributed by atoms with Gasteiger partial charge in [-0.25, -0.2) is 23.5 Å². The number of H-pyrrole nitrogens is 1. The number of nitrogens with two attached hydrogens (primary N) is 3. The predicted octanol–water partition coefficient (Wildman–Crippen LogP) is 0.799. The number of carbonyl (C=O) groups excluding carboxylic acids is 1. The first kappa shape index (κ1) is 22.3. The number of benzene rings is 1. The van der Waals surface area contributed by atoms with Crippen LogP contribution in [0.25, 0.3) is 10.8 Å². The van der Waals surface area contributed by atoms with Gasteiger partial charge in [0, 0.05) is 10.9 Å². The van der Waals surface area contributed by atoms with Crippen LogP contribution >= 0.6 is 0 Å². The lowest BCUT2D eigenvalue weighted by atomic mass is 10.0. The number of hydrogen-bond acceptors (Lipinski definition) is 8. The second-order valence-electron chi connectivity index (χ2n) is 7.54. The molecule has 0 bridgehead atoms. The minimum Gasteiger partial charge on any atom is -0.383 e. The molecule has 1 aliphatic rings. The fourth-order valence-electron chi connectivity index (χ4n) is 4.19. The number of nitrogens with one attached hydrogen (secondary N) is 1. The van der Waals surface area contributed by atoms with Gasteiger partial charge in [-0.05, 0) is 38.1 Å².